The molecule has 1 aliphatic carbocycles. The lowest BCUT2D eigenvalue weighted by molar-refractivity contribution is 0.140. The highest BCUT2D eigenvalue weighted by Gasteiger charge is 2.26. The largest absolute Gasteiger partial charge is 0.383 e. The molecule has 15 heavy (non-hydrogen) atoms. The predicted octanol–water partition coefficient (Wildman–Crippen LogP) is 2.53. The molecule has 0 aromatic heterocycles. The summed E-state index contributed by atoms with van der Waals surface area (Å²) in [5, 5.41) is 4.62. The average Bonchev–Trinajstić information content (AvgIpc) is 2.65. The summed E-state index contributed by atoms with van der Waals surface area (Å²) in [6, 6.07) is 1.23. The van der Waals surface area contributed by atoms with E-state index in [2.05, 4.69) is 25.4 Å². The van der Waals surface area contributed by atoms with Gasteiger partial charge < -0.3 is 10.1 Å². The quantitative estimate of drug-likeness (QED) is 0.759. The lowest BCUT2D eigenvalue weighted by Gasteiger charge is -2.25. The Hall–Kier alpha value is 0.270. The highest BCUT2D eigenvalue weighted by molar-refractivity contribution is 7.99. The molecule has 1 N–H and O–H groups in total. The van der Waals surface area contributed by atoms with E-state index in [0.29, 0.717) is 18.0 Å². The van der Waals surface area contributed by atoms with E-state index in [-0.39, 0.29) is 0 Å². The van der Waals surface area contributed by atoms with E-state index in [4.69, 9.17) is 4.74 Å². The molecule has 2 nitrogen and oxygen atoms in total. The van der Waals surface area contributed by atoms with Crippen LogP contribution in [0.5, 0.6) is 0 Å². The van der Waals surface area contributed by atoms with Gasteiger partial charge >= 0.3 is 0 Å². The number of rotatable bonds is 6. The van der Waals surface area contributed by atoms with Crippen LogP contribution in [0.4, 0.5) is 0 Å². The van der Waals surface area contributed by atoms with E-state index in [9.17, 15) is 0 Å². The molecule has 0 heterocycles. The Labute approximate surface area is 98.5 Å². The van der Waals surface area contributed by atoms with Gasteiger partial charge in [0, 0.05) is 24.4 Å². The molecule has 90 valence electrons. The zero-order chi connectivity index (χ0) is 11.3. The summed E-state index contributed by atoms with van der Waals surface area (Å²) in [4.78, 5) is 0. The minimum Gasteiger partial charge on any atom is -0.383 e. The minimum absolute atomic E-state index is 0.514. The molecule has 0 saturated heterocycles. The summed E-state index contributed by atoms with van der Waals surface area (Å²) in [5.74, 6) is 0.651. The predicted molar refractivity (Wildman–Crippen MR) is 68.6 cm³/mol. The maximum absolute atomic E-state index is 5.26. The Morgan fingerprint density at radius 1 is 1.40 bits per heavy atom. The summed E-state index contributed by atoms with van der Waals surface area (Å²) >= 11 is 2.01. The van der Waals surface area contributed by atoms with Gasteiger partial charge in [-0.05, 0) is 31.4 Å². The molecule has 3 heteroatoms. The van der Waals surface area contributed by atoms with Crippen LogP contribution in [0.3, 0.4) is 0 Å². The fourth-order valence-electron chi connectivity index (χ4n) is 2.22. The van der Waals surface area contributed by atoms with Crippen molar-refractivity contribution in [3.8, 4) is 0 Å². The standard InChI is InChI=1S/C12H25NOS/c1-9(2)12(8-14-3)13-10-5-6-11(7-10)15-4/h9-13H,5-8H2,1-4H3. The van der Waals surface area contributed by atoms with Crippen LogP contribution in [0, 0.1) is 5.92 Å². The number of hydrogen-bond acceptors (Lipinski definition) is 3. The summed E-state index contributed by atoms with van der Waals surface area (Å²) < 4.78 is 5.26. The fourth-order valence-corrected chi connectivity index (χ4v) is 3.02. The molecule has 1 rings (SSSR count). The van der Waals surface area contributed by atoms with Crippen molar-refractivity contribution >= 4 is 11.8 Å². The summed E-state index contributed by atoms with van der Waals surface area (Å²) in [7, 11) is 1.79. The first kappa shape index (κ1) is 13.3. The van der Waals surface area contributed by atoms with Crippen molar-refractivity contribution in [2.75, 3.05) is 20.0 Å². The fraction of sp³-hybridized carbons (Fsp3) is 1.00. The van der Waals surface area contributed by atoms with Crippen molar-refractivity contribution in [1.29, 1.82) is 0 Å². The Bertz CT molecular complexity index is 175. The van der Waals surface area contributed by atoms with E-state index >= 15 is 0 Å². The van der Waals surface area contributed by atoms with Gasteiger partial charge in [-0.25, -0.2) is 0 Å². The first-order chi connectivity index (χ1) is 7.17. The second kappa shape index (κ2) is 6.77. The van der Waals surface area contributed by atoms with Gasteiger partial charge in [-0.15, -0.1) is 0 Å². The maximum Gasteiger partial charge on any atom is 0.0618 e. The lowest BCUT2D eigenvalue weighted by atomic mass is 10.0. The van der Waals surface area contributed by atoms with Gasteiger partial charge in [0.2, 0.25) is 0 Å². The number of thioether (sulfide) groups is 1. The number of nitrogens with one attached hydrogen (secondary N) is 1. The smallest absolute Gasteiger partial charge is 0.0618 e. The summed E-state index contributed by atoms with van der Waals surface area (Å²) in [6.45, 7) is 5.35. The number of hydrogen-bond donors (Lipinski definition) is 1. The van der Waals surface area contributed by atoms with Crippen molar-refractivity contribution in [3.05, 3.63) is 0 Å². The van der Waals surface area contributed by atoms with Crippen LogP contribution in [0.25, 0.3) is 0 Å². The van der Waals surface area contributed by atoms with Crippen LogP contribution < -0.4 is 5.32 Å². The third kappa shape index (κ3) is 4.33. The molecule has 0 aromatic carbocycles. The highest BCUT2D eigenvalue weighted by Crippen LogP contribution is 2.28. The third-order valence-corrected chi connectivity index (χ3v) is 4.41. The Balaban J connectivity index is 2.32. The van der Waals surface area contributed by atoms with Gasteiger partial charge in [-0.1, -0.05) is 13.8 Å². The molecule has 0 spiro atoms. The first-order valence-corrected chi connectivity index (χ1v) is 7.24. The molecule has 1 aliphatic rings. The van der Waals surface area contributed by atoms with Gasteiger partial charge in [0.15, 0.2) is 0 Å². The maximum atomic E-state index is 5.26. The first-order valence-electron chi connectivity index (χ1n) is 5.95. The van der Waals surface area contributed by atoms with Crippen molar-refractivity contribution < 1.29 is 4.74 Å². The molecule has 0 radical (unpaired) electrons. The molecule has 0 aliphatic heterocycles. The molecule has 1 fully saturated rings. The molecule has 3 unspecified atom stereocenters. The molecule has 1 saturated carbocycles. The second-order valence-corrected chi connectivity index (χ2v) is 5.98. The zero-order valence-electron chi connectivity index (χ0n) is 10.5. The highest BCUT2D eigenvalue weighted by atomic mass is 32.2. The van der Waals surface area contributed by atoms with Crippen molar-refractivity contribution in [3.63, 3.8) is 0 Å². The minimum atomic E-state index is 0.514. The summed E-state index contributed by atoms with van der Waals surface area (Å²) in [5.41, 5.74) is 0. The van der Waals surface area contributed by atoms with E-state index in [0.717, 1.165) is 11.9 Å². The van der Waals surface area contributed by atoms with E-state index in [1.54, 1.807) is 7.11 Å². The molecule has 3 atom stereocenters. The Morgan fingerprint density at radius 2 is 2.13 bits per heavy atom. The number of methoxy groups -OCH3 is 1. The van der Waals surface area contributed by atoms with E-state index < -0.39 is 0 Å². The van der Waals surface area contributed by atoms with Crippen LogP contribution in [-0.2, 0) is 4.74 Å². The average molecular weight is 231 g/mol. The van der Waals surface area contributed by atoms with Gasteiger partial charge in [-0.2, -0.15) is 11.8 Å². The lowest BCUT2D eigenvalue weighted by Crippen LogP contribution is -2.43. The monoisotopic (exact) mass is 231 g/mol. The summed E-state index contributed by atoms with van der Waals surface area (Å²) in [6.07, 6.45) is 6.26. The van der Waals surface area contributed by atoms with Crippen LogP contribution in [0.15, 0.2) is 0 Å². The molecular formula is C12H25NOS. The van der Waals surface area contributed by atoms with Crippen LogP contribution in [-0.4, -0.2) is 37.3 Å². The van der Waals surface area contributed by atoms with Gasteiger partial charge in [0.1, 0.15) is 0 Å². The van der Waals surface area contributed by atoms with Crippen molar-refractivity contribution in [2.45, 2.75) is 50.4 Å². The van der Waals surface area contributed by atoms with Gasteiger partial charge in [-0.3, -0.25) is 0 Å². The number of ether oxygens (including phenoxy) is 1. The topological polar surface area (TPSA) is 21.3 Å². The van der Waals surface area contributed by atoms with Crippen LogP contribution >= 0.6 is 11.8 Å². The third-order valence-electron chi connectivity index (χ3n) is 3.32. The van der Waals surface area contributed by atoms with Gasteiger partial charge in [0.05, 0.1) is 6.61 Å². The zero-order valence-corrected chi connectivity index (χ0v) is 11.3. The van der Waals surface area contributed by atoms with Crippen LogP contribution in [0.2, 0.25) is 0 Å². The SMILES string of the molecule is COCC(NC1CCC(SC)C1)C(C)C. The van der Waals surface area contributed by atoms with Gasteiger partial charge in [0.25, 0.3) is 0 Å². The molecule has 0 amide bonds. The van der Waals surface area contributed by atoms with Crippen molar-refractivity contribution in [1.82, 2.24) is 5.32 Å². The van der Waals surface area contributed by atoms with Crippen LogP contribution in [0.1, 0.15) is 33.1 Å². The normalized spacial score (nSPS) is 28.6. The Morgan fingerprint density at radius 3 is 2.60 bits per heavy atom. The second-order valence-electron chi connectivity index (χ2n) is 4.84. The molecular weight excluding hydrogens is 206 g/mol. The van der Waals surface area contributed by atoms with E-state index in [1.165, 1.54) is 19.3 Å². The Kier molecular flexibility index (Phi) is 6.02. The van der Waals surface area contributed by atoms with E-state index in [1.807, 2.05) is 11.8 Å². The molecule has 0 bridgehead atoms. The van der Waals surface area contributed by atoms with Crippen molar-refractivity contribution in [2.24, 2.45) is 5.92 Å². The molecule has 0 aromatic rings.